The molecule has 0 amide bonds. The van der Waals surface area contributed by atoms with Crippen molar-refractivity contribution in [3.05, 3.63) is 65.0 Å². The number of nitrogens with zero attached hydrogens (tertiary/aromatic N) is 2. The monoisotopic (exact) mass is 338 g/mol. The largest absolute Gasteiger partial charge is 0.481 e. The highest BCUT2D eigenvalue weighted by Crippen LogP contribution is 2.27. The number of carboxylic acid groups (broad SMARTS) is 1. The van der Waals surface area contributed by atoms with Gasteiger partial charge in [-0.3, -0.25) is 14.7 Å². The van der Waals surface area contributed by atoms with Crippen molar-refractivity contribution in [1.82, 2.24) is 9.88 Å². The second kappa shape index (κ2) is 8.26. The minimum atomic E-state index is -0.769. The summed E-state index contributed by atoms with van der Waals surface area (Å²) in [5.41, 5.74) is 4.73. The summed E-state index contributed by atoms with van der Waals surface area (Å²) in [5.74, 6) is -0.336. The summed E-state index contributed by atoms with van der Waals surface area (Å²) in [6, 6.07) is 14.6. The van der Waals surface area contributed by atoms with Gasteiger partial charge in [-0.1, -0.05) is 30.3 Å². The maximum absolute atomic E-state index is 10.8. The lowest BCUT2D eigenvalue weighted by atomic mass is 9.93. The zero-order valence-electron chi connectivity index (χ0n) is 14.8. The van der Waals surface area contributed by atoms with Crippen LogP contribution < -0.4 is 0 Å². The van der Waals surface area contributed by atoms with Gasteiger partial charge in [-0.25, -0.2) is 0 Å². The van der Waals surface area contributed by atoms with Crippen molar-refractivity contribution in [2.45, 2.75) is 45.1 Å². The first-order valence-corrected chi connectivity index (χ1v) is 9.06. The lowest BCUT2D eigenvalue weighted by Gasteiger charge is -2.33. The third-order valence-corrected chi connectivity index (χ3v) is 5.00. The van der Waals surface area contributed by atoms with Crippen LogP contribution in [0.15, 0.2) is 42.5 Å². The van der Waals surface area contributed by atoms with Crippen molar-refractivity contribution >= 4 is 5.97 Å². The van der Waals surface area contributed by atoms with E-state index in [9.17, 15) is 4.79 Å². The zero-order chi connectivity index (χ0) is 17.6. The van der Waals surface area contributed by atoms with Crippen LogP contribution in [0, 0.1) is 6.92 Å². The molecule has 0 saturated carbocycles. The molecule has 2 heterocycles. The van der Waals surface area contributed by atoms with Gasteiger partial charge in [0.05, 0.1) is 6.42 Å². The van der Waals surface area contributed by atoms with Crippen LogP contribution >= 0.6 is 0 Å². The molecule has 3 rings (SSSR count). The van der Waals surface area contributed by atoms with Gasteiger partial charge in [0.15, 0.2) is 0 Å². The zero-order valence-corrected chi connectivity index (χ0v) is 14.8. The third-order valence-electron chi connectivity index (χ3n) is 5.00. The van der Waals surface area contributed by atoms with E-state index in [1.54, 1.807) is 0 Å². The van der Waals surface area contributed by atoms with Crippen LogP contribution in [-0.2, 0) is 17.8 Å². The average molecular weight is 338 g/mol. The molecule has 4 nitrogen and oxygen atoms in total. The lowest BCUT2D eigenvalue weighted by molar-refractivity contribution is -0.136. The summed E-state index contributed by atoms with van der Waals surface area (Å²) >= 11 is 0. The van der Waals surface area contributed by atoms with Crippen molar-refractivity contribution in [3.8, 4) is 0 Å². The van der Waals surface area contributed by atoms with Crippen LogP contribution in [0.5, 0.6) is 0 Å². The van der Waals surface area contributed by atoms with Gasteiger partial charge in [-0.15, -0.1) is 0 Å². The van der Waals surface area contributed by atoms with Crippen LogP contribution in [0.1, 0.15) is 47.7 Å². The number of carbonyl (C=O) groups is 1. The van der Waals surface area contributed by atoms with Gasteiger partial charge < -0.3 is 5.11 Å². The van der Waals surface area contributed by atoms with Gasteiger partial charge in [0, 0.05) is 36.8 Å². The molecule has 1 aromatic carbocycles. The summed E-state index contributed by atoms with van der Waals surface area (Å²) in [6.45, 7) is 5.30. The second-order valence-electron chi connectivity index (χ2n) is 6.95. The van der Waals surface area contributed by atoms with E-state index < -0.39 is 5.97 Å². The second-order valence-corrected chi connectivity index (χ2v) is 6.95. The molecule has 1 aliphatic heterocycles. The summed E-state index contributed by atoms with van der Waals surface area (Å²) < 4.78 is 0. The maximum Gasteiger partial charge on any atom is 0.303 e. The van der Waals surface area contributed by atoms with E-state index in [0.717, 1.165) is 37.4 Å². The highest BCUT2D eigenvalue weighted by atomic mass is 16.4. The van der Waals surface area contributed by atoms with Crippen LogP contribution in [0.25, 0.3) is 0 Å². The number of hydrogen-bond donors (Lipinski definition) is 1. The minimum absolute atomic E-state index is 0.139. The first-order valence-electron chi connectivity index (χ1n) is 9.06. The fourth-order valence-corrected chi connectivity index (χ4v) is 3.57. The molecule has 1 aromatic heterocycles. The number of aryl methyl sites for hydroxylation is 2. The first-order chi connectivity index (χ1) is 12.1. The molecule has 1 atom stereocenters. The van der Waals surface area contributed by atoms with E-state index >= 15 is 0 Å². The molecule has 132 valence electrons. The van der Waals surface area contributed by atoms with Crippen molar-refractivity contribution in [2.75, 3.05) is 13.1 Å². The summed E-state index contributed by atoms with van der Waals surface area (Å²) in [4.78, 5) is 18.0. The predicted octanol–water partition coefficient (Wildman–Crippen LogP) is 3.79. The number of carboxylic acids is 1. The summed E-state index contributed by atoms with van der Waals surface area (Å²) in [7, 11) is 0. The molecule has 2 aromatic rings. The molecule has 1 saturated heterocycles. The van der Waals surface area contributed by atoms with Gasteiger partial charge >= 0.3 is 5.97 Å². The van der Waals surface area contributed by atoms with Gasteiger partial charge in [0.1, 0.15) is 0 Å². The average Bonchev–Trinajstić information content (AvgIpc) is 2.62. The number of benzene rings is 1. The third kappa shape index (κ3) is 4.89. The smallest absolute Gasteiger partial charge is 0.303 e. The summed E-state index contributed by atoms with van der Waals surface area (Å²) in [6.07, 6.45) is 2.97. The molecule has 25 heavy (non-hydrogen) atoms. The number of piperidine rings is 1. The molecule has 1 fully saturated rings. The number of rotatable bonds is 6. The Morgan fingerprint density at radius 3 is 2.88 bits per heavy atom. The fraction of sp³-hybridized carbons (Fsp3) is 0.429. The van der Waals surface area contributed by atoms with Crippen LogP contribution in [-0.4, -0.2) is 34.0 Å². The highest BCUT2D eigenvalue weighted by molar-refractivity contribution is 5.66. The van der Waals surface area contributed by atoms with Crippen molar-refractivity contribution < 1.29 is 9.90 Å². The highest BCUT2D eigenvalue weighted by Gasteiger charge is 2.22. The van der Waals surface area contributed by atoms with E-state index in [4.69, 9.17) is 10.1 Å². The Morgan fingerprint density at radius 2 is 2.08 bits per heavy atom. The quantitative estimate of drug-likeness (QED) is 0.871. The Labute approximate surface area is 149 Å². The minimum Gasteiger partial charge on any atom is -0.481 e. The van der Waals surface area contributed by atoms with E-state index in [1.807, 2.05) is 12.1 Å². The number of likely N-dealkylation sites (tertiary alicyclic amines) is 1. The van der Waals surface area contributed by atoms with Crippen molar-refractivity contribution in [2.24, 2.45) is 0 Å². The number of aromatic nitrogens is 1. The standard InChI is InChI=1S/C21H26N2O2/c1-16-6-2-3-7-17(16)14-23-13-5-8-18(15-23)20-10-4-9-19(22-20)11-12-21(24)25/h2-4,6-7,9-10,18H,5,8,11-15H2,1H3,(H,24,25)/t18-/m0/s1. The SMILES string of the molecule is Cc1ccccc1CN1CCC[C@H](c2cccc(CCC(=O)O)n2)C1. The molecule has 1 aliphatic rings. The Morgan fingerprint density at radius 1 is 1.24 bits per heavy atom. The molecular formula is C21H26N2O2. The van der Waals surface area contributed by atoms with Gasteiger partial charge in [-0.05, 0) is 49.6 Å². The molecule has 4 heteroatoms. The molecule has 0 radical (unpaired) electrons. The summed E-state index contributed by atoms with van der Waals surface area (Å²) in [5, 5.41) is 8.86. The number of aliphatic carboxylic acids is 1. The predicted molar refractivity (Wildman–Crippen MR) is 98.6 cm³/mol. The Bertz CT molecular complexity index is 729. The van der Waals surface area contributed by atoms with Gasteiger partial charge in [-0.2, -0.15) is 0 Å². The Hall–Kier alpha value is -2.20. The van der Waals surface area contributed by atoms with E-state index in [0.29, 0.717) is 12.3 Å². The molecular weight excluding hydrogens is 312 g/mol. The first kappa shape index (κ1) is 17.6. The van der Waals surface area contributed by atoms with Crippen LogP contribution in [0.2, 0.25) is 0 Å². The van der Waals surface area contributed by atoms with Crippen molar-refractivity contribution in [1.29, 1.82) is 0 Å². The fourth-order valence-electron chi connectivity index (χ4n) is 3.57. The maximum atomic E-state index is 10.8. The van der Waals surface area contributed by atoms with Crippen molar-refractivity contribution in [3.63, 3.8) is 0 Å². The number of hydrogen-bond acceptors (Lipinski definition) is 3. The normalized spacial score (nSPS) is 18.2. The van der Waals surface area contributed by atoms with E-state index in [1.165, 1.54) is 17.5 Å². The van der Waals surface area contributed by atoms with E-state index in [2.05, 4.69) is 42.2 Å². The molecule has 0 spiro atoms. The Balaban J connectivity index is 1.66. The van der Waals surface area contributed by atoms with Crippen LogP contribution in [0.3, 0.4) is 0 Å². The van der Waals surface area contributed by atoms with Gasteiger partial charge in [0.25, 0.3) is 0 Å². The number of pyridine rings is 1. The van der Waals surface area contributed by atoms with Gasteiger partial charge in [0.2, 0.25) is 0 Å². The molecule has 0 aliphatic carbocycles. The molecule has 0 unspecified atom stereocenters. The van der Waals surface area contributed by atoms with E-state index in [-0.39, 0.29) is 6.42 Å². The van der Waals surface area contributed by atoms with Crippen LogP contribution in [0.4, 0.5) is 0 Å². The molecule has 0 bridgehead atoms. The topological polar surface area (TPSA) is 53.4 Å². The molecule has 1 N–H and O–H groups in total. The lowest BCUT2D eigenvalue weighted by Crippen LogP contribution is -2.34. The Kier molecular flexibility index (Phi) is 5.82.